The van der Waals surface area contributed by atoms with Crippen molar-refractivity contribution >= 4 is 18.3 Å². The molecule has 3 rings (SSSR count). The highest BCUT2D eigenvalue weighted by Crippen LogP contribution is 2.38. The fourth-order valence-electron chi connectivity index (χ4n) is 3.63. The first-order valence-electron chi connectivity index (χ1n) is 7.45. The Labute approximate surface area is 121 Å². The summed E-state index contributed by atoms with van der Waals surface area (Å²) in [6, 6.07) is 0.506. The maximum absolute atomic E-state index is 12.5. The van der Waals surface area contributed by atoms with Gasteiger partial charge in [-0.15, -0.1) is 12.4 Å². The molecule has 0 bridgehead atoms. The van der Waals surface area contributed by atoms with Gasteiger partial charge in [-0.25, -0.2) is 0 Å². The zero-order valence-corrected chi connectivity index (χ0v) is 12.2. The molecule has 4 nitrogen and oxygen atoms in total. The molecule has 3 fully saturated rings. The van der Waals surface area contributed by atoms with Gasteiger partial charge in [-0.05, 0) is 44.4 Å². The molecule has 0 aromatic rings. The van der Waals surface area contributed by atoms with Gasteiger partial charge in [-0.1, -0.05) is 6.42 Å². The van der Waals surface area contributed by atoms with Crippen LogP contribution in [0.2, 0.25) is 0 Å². The van der Waals surface area contributed by atoms with Crippen molar-refractivity contribution in [2.75, 3.05) is 13.1 Å². The van der Waals surface area contributed by atoms with E-state index in [9.17, 15) is 4.79 Å². The van der Waals surface area contributed by atoms with E-state index in [0.29, 0.717) is 12.6 Å². The van der Waals surface area contributed by atoms with E-state index < -0.39 is 0 Å². The summed E-state index contributed by atoms with van der Waals surface area (Å²) in [6.45, 7) is 1.48. The minimum atomic E-state index is -0.209. The molecule has 1 amide bonds. The number of hydrogen-bond donors (Lipinski definition) is 1. The summed E-state index contributed by atoms with van der Waals surface area (Å²) < 4.78 is 5.75. The summed E-state index contributed by atoms with van der Waals surface area (Å²) in [5, 5.41) is 0. The molecule has 2 N–H and O–H groups in total. The Balaban J connectivity index is 0.00000133. The molecule has 1 saturated carbocycles. The van der Waals surface area contributed by atoms with E-state index in [2.05, 4.69) is 4.90 Å². The Morgan fingerprint density at radius 1 is 1.16 bits per heavy atom. The second kappa shape index (κ2) is 6.42. The van der Waals surface area contributed by atoms with Crippen LogP contribution in [0, 0.1) is 5.92 Å². The molecule has 3 atom stereocenters. The van der Waals surface area contributed by atoms with Crippen molar-refractivity contribution in [3.05, 3.63) is 0 Å². The normalized spacial score (nSPS) is 35.0. The standard InChI is InChI=1S/C14H24N2O2.ClH/c15-9-11-6-7-13(18-11)14(17)16-8-2-5-12(16)10-3-1-4-10;/h10-13H,1-9,15H2;1H/t11-,12?,13+;/m1./s1. The first kappa shape index (κ1) is 15.1. The third kappa shape index (κ3) is 2.91. The molecule has 1 aliphatic carbocycles. The average Bonchev–Trinajstić information content (AvgIpc) is 2.94. The zero-order chi connectivity index (χ0) is 12.5. The fraction of sp³-hybridized carbons (Fsp3) is 0.929. The highest BCUT2D eigenvalue weighted by atomic mass is 35.5. The number of hydrogen-bond acceptors (Lipinski definition) is 3. The van der Waals surface area contributed by atoms with Crippen molar-refractivity contribution in [2.45, 2.75) is 63.2 Å². The number of carbonyl (C=O) groups is 1. The topological polar surface area (TPSA) is 55.6 Å². The molecule has 2 heterocycles. The maximum atomic E-state index is 12.5. The van der Waals surface area contributed by atoms with Crippen LogP contribution in [0.4, 0.5) is 0 Å². The van der Waals surface area contributed by atoms with Gasteiger partial charge in [0.1, 0.15) is 6.10 Å². The van der Waals surface area contributed by atoms with E-state index in [1.165, 1.54) is 32.1 Å². The van der Waals surface area contributed by atoms with E-state index in [-0.39, 0.29) is 30.5 Å². The second-order valence-corrected chi connectivity index (χ2v) is 5.99. The first-order valence-corrected chi connectivity index (χ1v) is 7.45. The highest BCUT2D eigenvalue weighted by molar-refractivity contribution is 5.85. The monoisotopic (exact) mass is 288 g/mol. The highest BCUT2D eigenvalue weighted by Gasteiger charge is 2.41. The number of likely N-dealkylation sites (tertiary alicyclic amines) is 1. The van der Waals surface area contributed by atoms with Crippen LogP contribution in [-0.4, -0.2) is 42.1 Å². The Hall–Kier alpha value is -0.320. The first-order chi connectivity index (χ1) is 8.79. The third-order valence-corrected chi connectivity index (χ3v) is 4.92. The lowest BCUT2D eigenvalue weighted by Crippen LogP contribution is -2.46. The molecule has 2 aliphatic heterocycles. The van der Waals surface area contributed by atoms with Gasteiger partial charge in [0, 0.05) is 19.1 Å². The molecule has 5 heteroatoms. The Morgan fingerprint density at radius 3 is 2.53 bits per heavy atom. The van der Waals surface area contributed by atoms with Crippen LogP contribution < -0.4 is 5.73 Å². The lowest BCUT2D eigenvalue weighted by molar-refractivity contribution is -0.145. The van der Waals surface area contributed by atoms with Crippen LogP contribution in [0.1, 0.15) is 44.9 Å². The van der Waals surface area contributed by atoms with E-state index in [1.54, 1.807) is 0 Å². The predicted octanol–water partition coefficient (Wildman–Crippen LogP) is 1.71. The van der Waals surface area contributed by atoms with Gasteiger partial charge >= 0.3 is 0 Å². The van der Waals surface area contributed by atoms with Crippen LogP contribution >= 0.6 is 12.4 Å². The molecule has 0 aromatic carbocycles. The summed E-state index contributed by atoms with van der Waals surface area (Å²) in [5.41, 5.74) is 5.61. The summed E-state index contributed by atoms with van der Waals surface area (Å²) in [7, 11) is 0. The molecule has 0 spiro atoms. The molecular weight excluding hydrogens is 264 g/mol. The SMILES string of the molecule is Cl.NC[C@H]1CC[C@@H](C(=O)N2CCCC2C2CCC2)O1. The van der Waals surface area contributed by atoms with Crippen LogP contribution in [-0.2, 0) is 9.53 Å². The molecule has 0 radical (unpaired) electrons. The van der Waals surface area contributed by atoms with Crippen LogP contribution in [0.5, 0.6) is 0 Å². The zero-order valence-electron chi connectivity index (χ0n) is 11.4. The second-order valence-electron chi connectivity index (χ2n) is 5.99. The van der Waals surface area contributed by atoms with E-state index in [1.807, 2.05) is 0 Å². The Morgan fingerprint density at radius 2 is 1.95 bits per heavy atom. The lowest BCUT2D eigenvalue weighted by Gasteiger charge is -2.37. The summed E-state index contributed by atoms with van der Waals surface area (Å²) in [6.07, 6.45) is 8.02. The van der Waals surface area contributed by atoms with Gasteiger partial charge in [0.05, 0.1) is 6.10 Å². The van der Waals surface area contributed by atoms with Gasteiger partial charge in [0.2, 0.25) is 0 Å². The summed E-state index contributed by atoms with van der Waals surface area (Å²) >= 11 is 0. The van der Waals surface area contributed by atoms with Crippen LogP contribution in [0.25, 0.3) is 0 Å². The van der Waals surface area contributed by atoms with Crippen molar-refractivity contribution in [3.63, 3.8) is 0 Å². The molecule has 3 aliphatic rings. The minimum absolute atomic E-state index is 0. The van der Waals surface area contributed by atoms with E-state index in [0.717, 1.165) is 25.3 Å². The number of nitrogens with two attached hydrogens (primary N) is 1. The summed E-state index contributed by atoms with van der Waals surface area (Å²) in [5.74, 6) is 1.00. The molecule has 1 unspecified atom stereocenters. The van der Waals surface area contributed by atoms with Crippen molar-refractivity contribution in [3.8, 4) is 0 Å². The lowest BCUT2D eigenvalue weighted by atomic mass is 9.78. The van der Waals surface area contributed by atoms with Gasteiger partial charge in [-0.2, -0.15) is 0 Å². The predicted molar refractivity (Wildman–Crippen MR) is 76.3 cm³/mol. The van der Waals surface area contributed by atoms with Gasteiger partial charge < -0.3 is 15.4 Å². The molecule has 110 valence electrons. The molecule has 19 heavy (non-hydrogen) atoms. The van der Waals surface area contributed by atoms with Crippen molar-refractivity contribution in [1.29, 1.82) is 0 Å². The Kier molecular flexibility index (Phi) is 5.09. The maximum Gasteiger partial charge on any atom is 0.251 e. The largest absolute Gasteiger partial charge is 0.364 e. The van der Waals surface area contributed by atoms with Gasteiger partial charge in [0.15, 0.2) is 0 Å². The number of rotatable bonds is 3. The quantitative estimate of drug-likeness (QED) is 0.860. The van der Waals surface area contributed by atoms with Crippen LogP contribution in [0.15, 0.2) is 0 Å². The number of ether oxygens (including phenoxy) is 1. The molecule has 0 aromatic heterocycles. The third-order valence-electron chi connectivity index (χ3n) is 4.92. The number of halogens is 1. The average molecular weight is 289 g/mol. The van der Waals surface area contributed by atoms with Crippen LogP contribution in [0.3, 0.4) is 0 Å². The van der Waals surface area contributed by atoms with Crippen molar-refractivity contribution < 1.29 is 9.53 Å². The number of nitrogens with zero attached hydrogens (tertiary/aromatic N) is 1. The molecule has 2 saturated heterocycles. The number of carbonyl (C=O) groups excluding carboxylic acids is 1. The van der Waals surface area contributed by atoms with Crippen molar-refractivity contribution in [2.24, 2.45) is 11.7 Å². The molecular formula is C14H25ClN2O2. The van der Waals surface area contributed by atoms with Gasteiger partial charge in [-0.3, -0.25) is 4.79 Å². The van der Waals surface area contributed by atoms with E-state index >= 15 is 0 Å². The minimum Gasteiger partial charge on any atom is -0.364 e. The summed E-state index contributed by atoms with van der Waals surface area (Å²) in [4.78, 5) is 14.6. The fourth-order valence-corrected chi connectivity index (χ4v) is 3.63. The van der Waals surface area contributed by atoms with Crippen molar-refractivity contribution in [1.82, 2.24) is 4.90 Å². The smallest absolute Gasteiger partial charge is 0.251 e. The number of amides is 1. The Bertz CT molecular complexity index is 323. The van der Waals surface area contributed by atoms with E-state index in [4.69, 9.17) is 10.5 Å². The van der Waals surface area contributed by atoms with Gasteiger partial charge in [0.25, 0.3) is 5.91 Å².